The minimum Gasteiger partial charge on any atom is -0.449 e. The van der Waals surface area contributed by atoms with Gasteiger partial charge in [0.2, 0.25) is 5.91 Å². The molecule has 208 valence electrons. The van der Waals surface area contributed by atoms with Crippen LogP contribution in [0.5, 0.6) is 0 Å². The predicted molar refractivity (Wildman–Crippen MR) is 154 cm³/mol. The second-order valence-electron chi connectivity index (χ2n) is 9.05. The number of fused-ring (bicyclic) bond motifs is 1. The number of carbonyl (C=O) groups excluding carboxylic acids is 3. The Hall–Kier alpha value is -3.75. The second-order valence-corrected chi connectivity index (χ2v) is 9.05. The van der Waals surface area contributed by atoms with Crippen LogP contribution in [0.25, 0.3) is 11.1 Å². The van der Waals surface area contributed by atoms with Gasteiger partial charge in [-0.1, -0.05) is 19.9 Å². The topological polar surface area (TPSA) is 117 Å². The lowest BCUT2D eigenvalue weighted by molar-refractivity contribution is -0.129. The van der Waals surface area contributed by atoms with Gasteiger partial charge in [-0.3, -0.25) is 9.59 Å². The molecule has 3 aromatic heterocycles. The molecule has 0 spiro atoms. The Labute approximate surface area is 226 Å². The number of nitrogens with zero attached hydrogens (tertiary/aromatic N) is 3. The quantitative estimate of drug-likeness (QED) is 0.325. The fourth-order valence-corrected chi connectivity index (χ4v) is 3.74. The van der Waals surface area contributed by atoms with Crippen molar-refractivity contribution < 1.29 is 18.8 Å². The molecule has 9 nitrogen and oxygen atoms in total. The summed E-state index contributed by atoms with van der Waals surface area (Å²) in [7, 11) is 5.43. The van der Waals surface area contributed by atoms with E-state index < -0.39 is 0 Å². The van der Waals surface area contributed by atoms with Crippen LogP contribution < -0.4 is 10.6 Å². The van der Waals surface area contributed by atoms with Gasteiger partial charge >= 0.3 is 0 Å². The molecule has 0 saturated heterocycles. The molecule has 2 atom stereocenters. The molecule has 38 heavy (non-hydrogen) atoms. The Morgan fingerprint density at radius 1 is 1.05 bits per heavy atom. The third-order valence-corrected chi connectivity index (χ3v) is 6.33. The number of pyridine rings is 2. The highest BCUT2D eigenvalue weighted by molar-refractivity contribution is 5.97. The van der Waals surface area contributed by atoms with E-state index in [4.69, 9.17) is 4.42 Å². The summed E-state index contributed by atoms with van der Waals surface area (Å²) in [6.07, 6.45) is 7.20. The largest absolute Gasteiger partial charge is 0.449 e. The van der Waals surface area contributed by atoms with Crippen molar-refractivity contribution in [3.05, 3.63) is 47.5 Å². The molecule has 9 heteroatoms. The molecule has 0 aliphatic carbocycles. The third-order valence-electron chi connectivity index (χ3n) is 6.33. The summed E-state index contributed by atoms with van der Waals surface area (Å²) in [5, 5.41) is 5.85. The summed E-state index contributed by atoms with van der Waals surface area (Å²) < 4.78 is 5.30. The van der Waals surface area contributed by atoms with Crippen LogP contribution in [0.3, 0.4) is 0 Å². The minimum absolute atomic E-state index is 0.0981. The number of rotatable bonds is 10. The fraction of sp³-hybridized carbons (Fsp3) is 0.483. The maximum atomic E-state index is 11.2. The number of aryl methyl sites for hydroxylation is 2. The van der Waals surface area contributed by atoms with Gasteiger partial charge in [-0.2, -0.15) is 0 Å². The lowest BCUT2D eigenvalue weighted by Crippen LogP contribution is -2.35. The van der Waals surface area contributed by atoms with Crippen LogP contribution in [0, 0.1) is 19.8 Å². The smallest absolute Gasteiger partial charge is 0.219 e. The minimum atomic E-state index is 0.0981. The maximum Gasteiger partial charge on any atom is 0.219 e. The van der Waals surface area contributed by atoms with Crippen molar-refractivity contribution in [3.63, 3.8) is 0 Å². The Morgan fingerprint density at radius 3 is 2.24 bits per heavy atom. The van der Waals surface area contributed by atoms with Crippen LogP contribution >= 0.6 is 0 Å². The van der Waals surface area contributed by atoms with E-state index >= 15 is 0 Å². The van der Waals surface area contributed by atoms with Crippen molar-refractivity contribution in [2.75, 3.05) is 31.8 Å². The number of furan rings is 1. The molecule has 0 saturated carbocycles. The summed E-state index contributed by atoms with van der Waals surface area (Å²) >= 11 is 0. The van der Waals surface area contributed by atoms with Gasteiger partial charge in [-0.15, -0.1) is 0 Å². The molecule has 0 aliphatic heterocycles. The first kappa shape index (κ1) is 32.3. The standard InChI is InChI=1S/C12H23NO2.C10H10N2O2.C7H10N2/c1-5-11(9-14)7-8-12(6-2)13(4)10(3)15;1-6-3-4-7-10(12-6)9(11-2)8(5-13)14-7;1-6-3-4-7(8-2)9-5-6/h9,11-12H,5-8H2,1-4H3;3-5,11H,1-2H3;3-5H,1-2H3,(H,8,9)/t11-,12?;;/m0../s1. The molecule has 3 heterocycles. The average molecular weight is 526 g/mol. The number of aromatic nitrogens is 2. The van der Waals surface area contributed by atoms with E-state index in [1.807, 2.05) is 65.3 Å². The zero-order valence-corrected chi connectivity index (χ0v) is 24.0. The van der Waals surface area contributed by atoms with Crippen LogP contribution in [0.4, 0.5) is 11.5 Å². The van der Waals surface area contributed by atoms with Crippen molar-refractivity contribution >= 4 is 41.1 Å². The number of amides is 1. The van der Waals surface area contributed by atoms with Crippen LogP contribution in [-0.4, -0.2) is 60.5 Å². The maximum absolute atomic E-state index is 11.2. The SMILES string of the molecule is CCC(CC[C@@H](C=O)CC)N(C)C(C)=O.CNc1c(C=O)oc2ccc(C)nc12.CNc1ccc(C)cn1. The normalized spacial score (nSPS) is 11.7. The summed E-state index contributed by atoms with van der Waals surface area (Å²) in [4.78, 5) is 42.7. The van der Waals surface area contributed by atoms with Gasteiger partial charge in [0.1, 0.15) is 23.3 Å². The van der Waals surface area contributed by atoms with Crippen LogP contribution in [-0.2, 0) is 9.59 Å². The highest BCUT2D eigenvalue weighted by Crippen LogP contribution is 2.27. The molecule has 1 unspecified atom stereocenters. The lowest BCUT2D eigenvalue weighted by atomic mass is 9.97. The Morgan fingerprint density at radius 2 is 1.76 bits per heavy atom. The number of anilines is 2. The number of carbonyl (C=O) groups is 3. The molecule has 3 aromatic rings. The van der Waals surface area contributed by atoms with Gasteiger partial charge in [0.05, 0.1) is 0 Å². The summed E-state index contributed by atoms with van der Waals surface area (Å²) in [6.45, 7) is 9.60. The first-order chi connectivity index (χ1) is 18.1. The van der Waals surface area contributed by atoms with Crippen LogP contribution in [0.1, 0.15) is 68.3 Å². The zero-order chi connectivity index (χ0) is 28.7. The molecule has 0 aliphatic rings. The van der Waals surface area contributed by atoms with E-state index in [1.165, 1.54) is 5.56 Å². The predicted octanol–water partition coefficient (Wildman–Crippen LogP) is 5.67. The lowest BCUT2D eigenvalue weighted by Gasteiger charge is -2.26. The molecule has 0 aromatic carbocycles. The van der Waals surface area contributed by atoms with E-state index in [-0.39, 0.29) is 17.9 Å². The number of hydrogen-bond donors (Lipinski definition) is 2. The van der Waals surface area contributed by atoms with Gasteiger partial charge in [0, 0.05) is 51.9 Å². The fourth-order valence-electron chi connectivity index (χ4n) is 3.74. The second kappa shape index (κ2) is 16.9. The van der Waals surface area contributed by atoms with Gasteiger partial charge in [-0.25, -0.2) is 9.97 Å². The van der Waals surface area contributed by atoms with E-state index in [1.54, 1.807) is 18.9 Å². The van der Waals surface area contributed by atoms with E-state index in [0.29, 0.717) is 28.8 Å². The van der Waals surface area contributed by atoms with Crippen molar-refractivity contribution in [1.82, 2.24) is 14.9 Å². The van der Waals surface area contributed by atoms with Crippen LogP contribution in [0.2, 0.25) is 0 Å². The van der Waals surface area contributed by atoms with Crippen LogP contribution in [0.15, 0.2) is 34.9 Å². The number of nitrogens with one attached hydrogen (secondary N) is 2. The van der Waals surface area contributed by atoms with E-state index in [0.717, 1.165) is 43.5 Å². The molecule has 3 rings (SSSR count). The summed E-state index contributed by atoms with van der Waals surface area (Å²) in [5.41, 5.74) is 4.07. The Kier molecular flexibility index (Phi) is 14.3. The van der Waals surface area contributed by atoms with Crippen molar-refractivity contribution in [2.45, 2.75) is 66.3 Å². The highest BCUT2D eigenvalue weighted by atomic mass is 16.3. The van der Waals surface area contributed by atoms with Gasteiger partial charge < -0.3 is 24.7 Å². The molecule has 2 N–H and O–H groups in total. The monoisotopic (exact) mass is 525 g/mol. The zero-order valence-electron chi connectivity index (χ0n) is 24.0. The third kappa shape index (κ3) is 9.95. The molecular weight excluding hydrogens is 482 g/mol. The molecule has 0 bridgehead atoms. The number of aldehydes is 2. The highest BCUT2D eigenvalue weighted by Gasteiger charge is 2.16. The Bertz CT molecular complexity index is 1140. The number of hydrogen-bond acceptors (Lipinski definition) is 8. The average Bonchev–Trinajstić information content (AvgIpc) is 3.29. The van der Waals surface area contributed by atoms with E-state index in [2.05, 4.69) is 27.5 Å². The molecular formula is C29H43N5O4. The first-order valence-electron chi connectivity index (χ1n) is 13.0. The summed E-state index contributed by atoms with van der Waals surface area (Å²) in [6, 6.07) is 7.91. The van der Waals surface area contributed by atoms with Crippen molar-refractivity contribution in [3.8, 4) is 0 Å². The van der Waals surface area contributed by atoms with Crippen molar-refractivity contribution in [1.29, 1.82) is 0 Å². The van der Waals surface area contributed by atoms with Crippen molar-refractivity contribution in [2.24, 2.45) is 5.92 Å². The first-order valence-corrected chi connectivity index (χ1v) is 13.0. The molecule has 0 fully saturated rings. The van der Waals surface area contributed by atoms with E-state index in [9.17, 15) is 14.4 Å². The van der Waals surface area contributed by atoms with Gasteiger partial charge in [0.15, 0.2) is 17.6 Å². The molecule has 1 amide bonds. The summed E-state index contributed by atoms with van der Waals surface area (Å²) in [5.74, 6) is 1.46. The Balaban J connectivity index is 0.000000293. The van der Waals surface area contributed by atoms with Gasteiger partial charge in [-0.05, 0) is 63.3 Å². The van der Waals surface area contributed by atoms with Gasteiger partial charge in [0.25, 0.3) is 0 Å². The molecule has 0 radical (unpaired) electrons.